The normalized spacial score (nSPS) is 10.3. The first-order chi connectivity index (χ1) is 13.1. The maximum Gasteiger partial charge on any atom is 0.337 e. The van der Waals surface area contributed by atoms with Gasteiger partial charge in [0.15, 0.2) is 0 Å². The van der Waals surface area contributed by atoms with Crippen LogP contribution >= 0.6 is 0 Å². The van der Waals surface area contributed by atoms with Crippen LogP contribution in [0.25, 0.3) is 0 Å². The lowest BCUT2D eigenvalue weighted by atomic mass is 10.1. The maximum absolute atomic E-state index is 12.4. The Labute approximate surface area is 160 Å². The van der Waals surface area contributed by atoms with Gasteiger partial charge in [-0.15, -0.1) is 0 Å². The fourth-order valence-electron chi connectivity index (χ4n) is 2.64. The average molecular weight is 369 g/mol. The van der Waals surface area contributed by atoms with Crippen LogP contribution in [-0.4, -0.2) is 25.6 Å². The Kier molecular flexibility index (Phi) is 8.36. The number of hydrogen-bond donors (Lipinski definition) is 1. The van der Waals surface area contributed by atoms with E-state index < -0.39 is 5.97 Å². The molecule has 1 amide bonds. The van der Waals surface area contributed by atoms with Crippen molar-refractivity contribution in [2.24, 2.45) is 0 Å². The molecule has 1 N–H and O–H groups in total. The topological polar surface area (TPSA) is 64.6 Å². The summed E-state index contributed by atoms with van der Waals surface area (Å²) in [4.78, 5) is 23.9. The molecule has 0 atom stereocenters. The zero-order valence-corrected chi connectivity index (χ0v) is 16.0. The molecular weight excluding hydrogens is 342 g/mol. The number of benzene rings is 2. The molecule has 0 aliphatic rings. The molecule has 5 nitrogen and oxygen atoms in total. The van der Waals surface area contributed by atoms with Crippen LogP contribution in [0.1, 0.15) is 59.7 Å². The number of rotatable bonds is 10. The zero-order chi connectivity index (χ0) is 19.5. The molecule has 0 spiro atoms. The highest BCUT2D eigenvalue weighted by Gasteiger charge is 2.11. The van der Waals surface area contributed by atoms with Gasteiger partial charge in [0.25, 0.3) is 5.91 Å². The van der Waals surface area contributed by atoms with E-state index in [1.807, 2.05) is 12.1 Å². The number of carbonyl (C=O) groups excluding carboxylic acids is 2. The van der Waals surface area contributed by atoms with Crippen molar-refractivity contribution in [3.05, 3.63) is 59.7 Å². The first kappa shape index (κ1) is 20.5. The molecule has 2 aromatic carbocycles. The van der Waals surface area contributed by atoms with Crippen LogP contribution in [0.15, 0.2) is 48.5 Å². The predicted molar refractivity (Wildman–Crippen MR) is 106 cm³/mol. The third kappa shape index (κ3) is 6.77. The van der Waals surface area contributed by atoms with Crippen LogP contribution in [0.3, 0.4) is 0 Å². The summed E-state index contributed by atoms with van der Waals surface area (Å²) in [5.41, 5.74) is 1.40. The van der Waals surface area contributed by atoms with Gasteiger partial charge in [0.1, 0.15) is 5.75 Å². The molecule has 27 heavy (non-hydrogen) atoms. The molecule has 0 saturated carbocycles. The Morgan fingerprint density at radius 1 is 0.926 bits per heavy atom. The van der Waals surface area contributed by atoms with Crippen molar-refractivity contribution < 1.29 is 19.1 Å². The Hall–Kier alpha value is -2.82. The molecular formula is C22H27NO4. The second-order valence-electron chi connectivity index (χ2n) is 6.31. The minimum atomic E-state index is -0.471. The second-order valence-corrected chi connectivity index (χ2v) is 6.31. The minimum absolute atomic E-state index is 0.287. The maximum atomic E-state index is 12.4. The molecule has 2 aromatic rings. The third-order valence-electron chi connectivity index (χ3n) is 4.17. The number of unbranched alkanes of at least 4 members (excludes halogenated alkanes) is 4. The first-order valence-corrected chi connectivity index (χ1v) is 9.36. The summed E-state index contributed by atoms with van der Waals surface area (Å²) in [7, 11) is 1.31. The van der Waals surface area contributed by atoms with Crippen LogP contribution in [-0.2, 0) is 4.74 Å². The molecule has 0 bridgehead atoms. The monoisotopic (exact) mass is 369 g/mol. The number of carbonyl (C=O) groups is 2. The molecule has 5 heteroatoms. The van der Waals surface area contributed by atoms with E-state index in [2.05, 4.69) is 17.0 Å². The lowest BCUT2D eigenvalue weighted by molar-refractivity contribution is 0.0600. The number of ether oxygens (including phenoxy) is 2. The standard InChI is InChI=1S/C22H27NO4/c1-3-4-5-6-7-15-27-20-13-11-19(12-14-20)23-21(24)17-9-8-10-18(16-17)22(25)26-2/h8-14,16H,3-7,15H2,1-2H3,(H,23,24). The fraction of sp³-hybridized carbons (Fsp3) is 0.364. The zero-order valence-electron chi connectivity index (χ0n) is 16.0. The lowest BCUT2D eigenvalue weighted by Crippen LogP contribution is -2.13. The van der Waals surface area contributed by atoms with Crippen molar-refractivity contribution in [2.75, 3.05) is 19.0 Å². The highest BCUT2D eigenvalue weighted by atomic mass is 16.5. The van der Waals surface area contributed by atoms with Crippen LogP contribution in [0.5, 0.6) is 5.75 Å². The Morgan fingerprint density at radius 2 is 1.63 bits per heavy atom. The van der Waals surface area contributed by atoms with Gasteiger partial charge in [-0.2, -0.15) is 0 Å². The van der Waals surface area contributed by atoms with Crippen molar-refractivity contribution in [3.8, 4) is 5.75 Å². The summed E-state index contributed by atoms with van der Waals surface area (Å²) in [5.74, 6) is 0.0300. The Bertz CT molecular complexity index is 740. The molecule has 0 fully saturated rings. The van der Waals surface area contributed by atoms with Gasteiger partial charge < -0.3 is 14.8 Å². The van der Waals surface area contributed by atoms with Crippen LogP contribution in [0, 0.1) is 0 Å². The predicted octanol–water partition coefficient (Wildman–Crippen LogP) is 5.07. The van der Waals surface area contributed by atoms with Crippen molar-refractivity contribution in [2.45, 2.75) is 39.0 Å². The summed E-state index contributed by atoms with van der Waals surface area (Å²) in [6.45, 7) is 2.91. The SMILES string of the molecule is CCCCCCCOc1ccc(NC(=O)c2cccc(C(=O)OC)c2)cc1. The van der Waals surface area contributed by atoms with Crippen molar-refractivity contribution in [1.29, 1.82) is 0 Å². The van der Waals surface area contributed by atoms with E-state index in [0.717, 1.165) is 12.2 Å². The van der Waals surface area contributed by atoms with E-state index in [1.54, 1.807) is 30.3 Å². The minimum Gasteiger partial charge on any atom is -0.494 e. The van der Waals surface area contributed by atoms with Crippen LogP contribution in [0.2, 0.25) is 0 Å². The molecule has 0 aliphatic heterocycles. The highest BCUT2D eigenvalue weighted by molar-refractivity contribution is 6.05. The van der Waals surface area contributed by atoms with Gasteiger partial charge in [-0.05, 0) is 48.9 Å². The Balaban J connectivity index is 1.85. The van der Waals surface area contributed by atoms with E-state index >= 15 is 0 Å². The molecule has 0 aromatic heterocycles. The summed E-state index contributed by atoms with van der Waals surface area (Å²) in [6.07, 6.45) is 6.00. The molecule has 0 aliphatic carbocycles. The summed E-state index contributed by atoms with van der Waals surface area (Å²) in [6, 6.07) is 13.7. The molecule has 0 heterocycles. The number of esters is 1. The van der Waals surface area contributed by atoms with Gasteiger partial charge in [0, 0.05) is 11.3 Å². The van der Waals surface area contributed by atoms with E-state index in [9.17, 15) is 9.59 Å². The molecule has 0 saturated heterocycles. The smallest absolute Gasteiger partial charge is 0.337 e. The fourth-order valence-corrected chi connectivity index (χ4v) is 2.64. The van der Waals surface area contributed by atoms with Crippen molar-refractivity contribution in [1.82, 2.24) is 0 Å². The van der Waals surface area contributed by atoms with Gasteiger partial charge in [0.2, 0.25) is 0 Å². The Morgan fingerprint density at radius 3 is 2.33 bits per heavy atom. The number of anilines is 1. The van der Waals surface area contributed by atoms with Gasteiger partial charge in [-0.1, -0.05) is 38.7 Å². The largest absolute Gasteiger partial charge is 0.494 e. The van der Waals surface area contributed by atoms with Gasteiger partial charge in [-0.25, -0.2) is 4.79 Å². The number of nitrogens with one attached hydrogen (secondary N) is 1. The van der Waals surface area contributed by atoms with E-state index in [4.69, 9.17) is 4.74 Å². The average Bonchev–Trinajstić information content (AvgIpc) is 2.71. The summed E-state index contributed by atoms with van der Waals surface area (Å²) < 4.78 is 10.4. The third-order valence-corrected chi connectivity index (χ3v) is 4.17. The first-order valence-electron chi connectivity index (χ1n) is 9.36. The summed E-state index contributed by atoms with van der Waals surface area (Å²) >= 11 is 0. The van der Waals surface area contributed by atoms with Gasteiger partial charge in [-0.3, -0.25) is 4.79 Å². The molecule has 2 rings (SSSR count). The number of methoxy groups -OCH3 is 1. The quantitative estimate of drug-likeness (QED) is 0.469. The van der Waals surface area contributed by atoms with Crippen LogP contribution < -0.4 is 10.1 Å². The summed E-state index contributed by atoms with van der Waals surface area (Å²) in [5, 5.41) is 2.81. The second kappa shape index (κ2) is 11.0. The highest BCUT2D eigenvalue weighted by Crippen LogP contribution is 2.17. The molecule has 0 radical (unpaired) electrons. The van der Waals surface area contributed by atoms with Crippen LogP contribution in [0.4, 0.5) is 5.69 Å². The number of hydrogen-bond acceptors (Lipinski definition) is 4. The van der Waals surface area contributed by atoms with Crippen molar-refractivity contribution in [3.63, 3.8) is 0 Å². The molecule has 144 valence electrons. The number of amides is 1. The van der Waals surface area contributed by atoms with Gasteiger partial charge >= 0.3 is 5.97 Å². The lowest BCUT2D eigenvalue weighted by Gasteiger charge is -2.09. The van der Waals surface area contributed by atoms with Crippen molar-refractivity contribution >= 4 is 17.6 Å². The van der Waals surface area contributed by atoms with E-state index in [1.165, 1.54) is 38.9 Å². The van der Waals surface area contributed by atoms with Gasteiger partial charge in [0.05, 0.1) is 19.3 Å². The van der Waals surface area contributed by atoms with E-state index in [-0.39, 0.29) is 5.91 Å². The molecule has 0 unspecified atom stereocenters. The van der Waals surface area contributed by atoms with E-state index in [0.29, 0.717) is 23.4 Å².